The van der Waals surface area contributed by atoms with Gasteiger partial charge >= 0.3 is 6.18 Å². The van der Waals surface area contributed by atoms with Gasteiger partial charge in [-0.3, -0.25) is 0 Å². The fourth-order valence-electron chi connectivity index (χ4n) is 0.508. The van der Waals surface area contributed by atoms with Crippen molar-refractivity contribution >= 4 is 0 Å². The third-order valence-corrected chi connectivity index (χ3v) is 0.942. The first kappa shape index (κ1) is 9.71. The maximum absolute atomic E-state index is 11.4. The number of hydroxylamine groups is 2. The third-order valence-electron chi connectivity index (χ3n) is 0.942. The lowest BCUT2D eigenvalue weighted by Gasteiger charge is -2.08. The van der Waals surface area contributed by atoms with Gasteiger partial charge in [0.1, 0.15) is 0 Å². The van der Waals surface area contributed by atoms with Crippen molar-refractivity contribution in [3.05, 3.63) is 0 Å². The summed E-state index contributed by atoms with van der Waals surface area (Å²) in [6, 6.07) is 0. The Morgan fingerprint density at radius 1 is 1.40 bits per heavy atom. The van der Waals surface area contributed by atoms with Crippen molar-refractivity contribution in [2.45, 2.75) is 19.0 Å². The second kappa shape index (κ2) is 3.78. The zero-order valence-corrected chi connectivity index (χ0v) is 5.65. The zero-order valence-electron chi connectivity index (χ0n) is 5.65. The first-order valence-electron chi connectivity index (χ1n) is 2.88. The molecule has 2 nitrogen and oxygen atoms in total. The van der Waals surface area contributed by atoms with Crippen LogP contribution in [0.3, 0.4) is 0 Å². The molecule has 0 amide bonds. The lowest BCUT2D eigenvalue weighted by molar-refractivity contribution is -0.141. The highest BCUT2D eigenvalue weighted by Crippen LogP contribution is 2.20. The monoisotopic (exact) mass is 157 g/mol. The zero-order chi connectivity index (χ0) is 8.20. The van der Waals surface area contributed by atoms with Crippen LogP contribution in [0, 0.1) is 0 Å². The highest BCUT2D eigenvalue weighted by Gasteiger charge is 2.25. The molecule has 0 rings (SSSR count). The van der Waals surface area contributed by atoms with Gasteiger partial charge in [0, 0.05) is 20.0 Å². The van der Waals surface area contributed by atoms with Crippen molar-refractivity contribution in [2.24, 2.45) is 0 Å². The Labute approximate surface area is 57.2 Å². The number of rotatable bonds is 3. The predicted octanol–water partition coefficient (Wildman–Crippen LogP) is 1.65. The van der Waals surface area contributed by atoms with Gasteiger partial charge in [-0.15, -0.1) is 0 Å². The lowest BCUT2D eigenvalue weighted by atomic mass is 10.3. The Hall–Kier alpha value is -0.290. The highest BCUT2D eigenvalue weighted by molar-refractivity contribution is 4.50. The van der Waals surface area contributed by atoms with E-state index in [0.29, 0.717) is 0 Å². The molecule has 0 atom stereocenters. The van der Waals surface area contributed by atoms with Gasteiger partial charge in [0.25, 0.3) is 0 Å². The van der Waals surface area contributed by atoms with Gasteiger partial charge < -0.3 is 5.21 Å². The van der Waals surface area contributed by atoms with Crippen molar-refractivity contribution in [1.29, 1.82) is 0 Å². The fraction of sp³-hybridized carbons (Fsp3) is 1.00. The van der Waals surface area contributed by atoms with Crippen molar-refractivity contribution in [3.63, 3.8) is 0 Å². The van der Waals surface area contributed by atoms with Crippen LogP contribution in [0.1, 0.15) is 12.8 Å². The molecule has 0 aliphatic heterocycles. The second-order valence-corrected chi connectivity index (χ2v) is 2.10. The summed E-state index contributed by atoms with van der Waals surface area (Å²) in [5.41, 5.74) is 0. The number of hydrogen-bond donors (Lipinski definition) is 1. The number of nitrogens with zero attached hydrogens (tertiary/aromatic N) is 1. The van der Waals surface area contributed by atoms with Gasteiger partial charge in [-0.25, -0.2) is 0 Å². The first-order chi connectivity index (χ1) is 4.42. The van der Waals surface area contributed by atoms with E-state index in [-0.39, 0.29) is 13.0 Å². The Morgan fingerprint density at radius 3 is 2.20 bits per heavy atom. The van der Waals surface area contributed by atoms with E-state index < -0.39 is 12.6 Å². The van der Waals surface area contributed by atoms with Crippen LogP contribution in [-0.2, 0) is 0 Å². The summed E-state index contributed by atoms with van der Waals surface area (Å²) in [5, 5.41) is 9.16. The van der Waals surface area contributed by atoms with Crippen LogP contribution in [0.5, 0.6) is 0 Å². The maximum atomic E-state index is 11.4. The minimum absolute atomic E-state index is 0.0551. The molecule has 0 aliphatic carbocycles. The van der Waals surface area contributed by atoms with Crippen molar-refractivity contribution in [2.75, 3.05) is 13.6 Å². The number of hydrogen-bond acceptors (Lipinski definition) is 2. The van der Waals surface area contributed by atoms with E-state index in [0.717, 1.165) is 5.06 Å². The number of alkyl halides is 3. The summed E-state index contributed by atoms with van der Waals surface area (Å²) in [7, 11) is 1.32. The molecule has 0 fully saturated rings. The molecular formula is C5H10F3NO. The SMILES string of the molecule is CN(O)CCCC(F)(F)F. The fourth-order valence-corrected chi connectivity index (χ4v) is 0.508. The molecule has 0 aliphatic rings. The molecule has 0 saturated heterocycles. The van der Waals surface area contributed by atoms with Gasteiger partial charge in [0.15, 0.2) is 0 Å². The molecule has 62 valence electrons. The predicted molar refractivity (Wildman–Crippen MR) is 29.7 cm³/mol. The summed E-state index contributed by atoms with van der Waals surface area (Å²) >= 11 is 0. The van der Waals surface area contributed by atoms with Crippen LogP contribution in [0.15, 0.2) is 0 Å². The summed E-state index contributed by atoms with van der Waals surface area (Å²) in [5.74, 6) is 0. The van der Waals surface area contributed by atoms with Gasteiger partial charge in [-0.05, 0) is 6.42 Å². The molecule has 0 spiro atoms. The molecule has 0 aromatic carbocycles. The largest absolute Gasteiger partial charge is 0.389 e. The third kappa shape index (κ3) is 7.71. The maximum Gasteiger partial charge on any atom is 0.389 e. The van der Waals surface area contributed by atoms with Gasteiger partial charge in [0.05, 0.1) is 0 Å². The topological polar surface area (TPSA) is 23.5 Å². The summed E-state index contributed by atoms with van der Waals surface area (Å²) < 4.78 is 34.2. The van der Waals surface area contributed by atoms with Crippen LogP contribution in [0.4, 0.5) is 13.2 Å². The molecule has 0 aromatic rings. The van der Waals surface area contributed by atoms with Gasteiger partial charge in [-0.1, -0.05) is 0 Å². The second-order valence-electron chi connectivity index (χ2n) is 2.10. The van der Waals surface area contributed by atoms with Gasteiger partial charge in [0.2, 0.25) is 0 Å². The molecule has 1 N–H and O–H groups in total. The van der Waals surface area contributed by atoms with E-state index in [1.165, 1.54) is 7.05 Å². The summed E-state index contributed by atoms with van der Waals surface area (Å²) in [4.78, 5) is 0. The smallest absolute Gasteiger partial charge is 0.314 e. The van der Waals surface area contributed by atoms with Gasteiger partial charge in [-0.2, -0.15) is 18.2 Å². The van der Waals surface area contributed by atoms with E-state index in [9.17, 15) is 13.2 Å². The molecule has 0 heterocycles. The molecule has 10 heavy (non-hydrogen) atoms. The molecule has 0 bridgehead atoms. The minimum atomic E-state index is -4.10. The van der Waals surface area contributed by atoms with E-state index >= 15 is 0 Å². The standard InChI is InChI=1S/C5H10F3NO/c1-9(10)4-2-3-5(6,7)8/h10H,2-4H2,1H3. The minimum Gasteiger partial charge on any atom is -0.314 e. The molecule has 0 saturated carbocycles. The van der Waals surface area contributed by atoms with Crippen LogP contribution >= 0.6 is 0 Å². The van der Waals surface area contributed by atoms with Crippen LogP contribution < -0.4 is 0 Å². The lowest BCUT2D eigenvalue weighted by Crippen LogP contribution is -2.17. The number of halogens is 3. The molecule has 0 aromatic heterocycles. The quantitative estimate of drug-likeness (QED) is 0.629. The first-order valence-corrected chi connectivity index (χ1v) is 2.88. The Kier molecular flexibility index (Phi) is 3.67. The average molecular weight is 157 g/mol. The molecule has 0 unspecified atom stereocenters. The van der Waals surface area contributed by atoms with E-state index in [4.69, 9.17) is 5.21 Å². The Morgan fingerprint density at radius 2 is 1.90 bits per heavy atom. The highest BCUT2D eigenvalue weighted by atomic mass is 19.4. The normalized spacial score (nSPS) is 12.6. The molecule has 0 radical (unpaired) electrons. The van der Waals surface area contributed by atoms with Crippen LogP contribution in [-0.4, -0.2) is 30.0 Å². The van der Waals surface area contributed by atoms with E-state index in [1.807, 2.05) is 0 Å². The summed E-state index contributed by atoms with van der Waals surface area (Å²) in [6.45, 7) is 0.0551. The summed E-state index contributed by atoms with van der Waals surface area (Å²) in [6.07, 6.45) is -5.00. The Balaban J connectivity index is 3.21. The molecular weight excluding hydrogens is 147 g/mol. The van der Waals surface area contributed by atoms with Crippen LogP contribution in [0.25, 0.3) is 0 Å². The van der Waals surface area contributed by atoms with Crippen molar-refractivity contribution in [3.8, 4) is 0 Å². The Bertz CT molecular complexity index is 91.4. The van der Waals surface area contributed by atoms with Crippen molar-refractivity contribution < 1.29 is 18.4 Å². The van der Waals surface area contributed by atoms with E-state index in [2.05, 4.69) is 0 Å². The molecule has 5 heteroatoms. The van der Waals surface area contributed by atoms with Crippen LogP contribution in [0.2, 0.25) is 0 Å². The average Bonchev–Trinajstić information content (AvgIpc) is 1.59. The van der Waals surface area contributed by atoms with E-state index in [1.54, 1.807) is 0 Å². The van der Waals surface area contributed by atoms with Crippen molar-refractivity contribution in [1.82, 2.24) is 5.06 Å².